The molecule has 1 fully saturated rings. The molecule has 1 aliphatic rings. The van der Waals surface area contributed by atoms with Crippen molar-refractivity contribution in [2.45, 2.75) is 11.1 Å². The molecule has 0 radical (unpaired) electrons. The van der Waals surface area contributed by atoms with Crippen molar-refractivity contribution >= 4 is 40.3 Å². The van der Waals surface area contributed by atoms with Gasteiger partial charge in [0, 0.05) is 18.8 Å². The summed E-state index contributed by atoms with van der Waals surface area (Å²) in [6, 6.07) is 9.37. The Bertz CT molecular complexity index is 1010. The molecule has 0 N–H and O–H groups in total. The van der Waals surface area contributed by atoms with Crippen LogP contribution >= 0.6 is 23.4 Å². The lowest BCUT2D eigenvalue weighted by molar-refractivity contribution is -0.137. The minimum atomic E-state index is -0.197. The Hall–Kier alpha value is -2.42. The fourth-order valence-corrected chi connectivity index (χ4v) is 3.85. The first-order valence-electron chi connectivity index (χ1n) is 9.15. The molecule has 3 heterocycles. The van der Waals surface area contributed by atoms with Gasteiger partial charge in [-0.05, 0) is 12.1 Å². The second-order valence-corrected chi connectivity index (χ2v) is 7.90. The van der Waals surface area contributed by atoms with Gasteiger partial charge in [0.15, 0.2) is 0 Å². The molecule has 9 heteroatoms. The van der Waals surface area contributed by atoms with Gasteiger partial charge in [0.1, 0.15) is 23.5 Å². The standard InChI is InChI=1S/C20H19ClN4O3S/c21-14-7-15(9-22-8-14)28-12-16-11-25(5-6-27-16)20(26)13-29-19-10-23-17-3-1-2-4-18(17)24-19/h1-4,7-10,16H,5-6,11-13H2. The number of ether oxygens (including phenoxy) is 2. The van der Waals surface area contributed by atoms with Gasteiger partial charge in [0.2, 0.25) is 5.91 Å². The molecule has 150 valence electrons. The summed E-state index contributed by atoms with van der Waals surface area (Å²) < 4.78 is 11.4. The number of rotatable bonds is 6. The van der Waals surface area contributed by atoms with E-state index in [1.807, 2.05) is 24.3 Å². The zero-order valence-corrected chi connectivity index (χ0v) is 17.1. The number of carbonyl (C=O) groups is 1. The van der Waals surface area contributed by atoms with E-state index < -0.39 is 0 Å². The third kappa shape index (κ3) is 5.35. The van der Waals surface area contributed by atoms with Crippen LogP contribution in [0.15, 0.2) is 53.9 Å². The van der Waals surface area contributed by atoms with E-state index >= 15 is 0 Å². The van der Waals surface area contributed by atoms with Gasteiger partial charge < -0.3 is 14.4 Å². The largest absolute Gasteiger partial charge is 0.489 e. The minimum absolute atomic E-state index is 0.0441. The van der Waals surface area contributed by atoms with Crippen molar-refractivity contribution in [3.05, 3.63) is 53.9 Å². The average molecular weight is 431 g/mol. The van der Waals surface area contributed by atoms with Crippen LogP contribution in [-0.4, -0.2) is 63.9 Å². The predicted molar refractivity (Wildman–Crippen MR) is 111 cm³/mol. The molecule has 0 aliphatic carbocycles. The van der Waals surface area contributed by atoms with Crippen LogP contribution in [0.5, 0.6) is 5.75 Å². The highest BCUT2D eigenvalue weighted by atomic mass is 35.5. The fourth-order valence-electron chi connectivity index (χ4n) is 2.94. The van der Waals surface area contributed by atoms with E-state index in [0.29, 0.717) is 42.8 Å². The van der Waals surface area contributed by atoms with Gasteiger partial charge in [0.05, 0.1) is 47.4 Å². The minimum Gasteiger partial charge on any atom is -0.489 e. The number of morpholine rings is 1. The van der Waals surface area contributed by atoms with Crippen molar-refractivity contribution in [1.29, 1.82) is 0 Å². The van der Waals surface area contributed by atoms with Crippen LogP contribution in [0.25, 0.3) is 11.0 Å². The lowest BCUT2D eigenvalue weighted by atomic mass is 10.3. The Morgan fingerprint density at radius 3 is 3.00 bits per heavy atom. The highest BCUT2D eigenvalue weighted by Gasteiger charge is 2.25. The van der Waals surface area contributed by atoms with Crippen molar-refractivity contribution in [2.75, 3.05) is 32.1 Å². The molecule has 7 nitrogen and oxygen atoms in total. The third-order valence-electron chi connectivity index (χ3n) is 4.38. The number of aromatic nitrogens is 3. The van der Waals surface area contributed by atoms with Crippen LogP contribution in [0.4, 0.5) is 0 Å². The molecule has 1 atom stereocenters. The van der Waals surface area contributed by atoms with Crippen molar-refractivity contribution in [3.8, 4) is 5.75 Å². The number of nitrogens with zero attached hydrogens (tertiary/aromatic N) is 4. The second-order valence-electron chi connectivity index (χ2n) is 6.47. The van der Waals surface area contributed by atoms with Crippen LogP contribution in [0.3, 0.4) is 0 Å². The Labute approximate surface area is 177 Å². The molecule has 1 aliphatic heterocycles. The maximum Gasteiger partial charge on any atom is 0.233 e. The highest BCUT2D eigenvalue weighted by molar-refractivity contribution is 7.99. The molecule has 4 rings (SSSR count). The number of thioether (sulfide) groups is 1. The van der Waals surface area contributed by atoms with Crippen molar-refractivity contribution in [1.82, 2.24) is 19.9 Å². The Balaban J connectivity index is 1.28. The van der Waals surface area contributed by atoms with Gasteiger partial charge >= 0.3 is 0 Å². The van der Waals surface area contributed by atoms with Gasteiger partial charge in [-0.15, -0.1) is 0 Å². The summed E-state index contributed by atoms with van der Waals surface area (Å²) in [7, 11) is 0. The van der Waals surface area contributed by atoms with E-state index in [1.54, 1.807) is 29.6 Å². The molecule has 1 unspecified atom stereocenters. The first kappa shape index (κ1) is 19.9. The molecule has 1 amide bonds. The van der Waals surface area contributed by atoms with E-state index in [-0.39, 0.29) is 12.0 Å². The zero-order chi connectivity index (χ0) is 20.1. The van der Waals surface area contributed by atoms with Gasteiger partial charge in [-0.25, -0.2) is 4.98 Å². The smallest absolute Gasteiger partial charge is 0.233 e. The van der Waals surface area contributed by atoms with E-state index in [9.17, 15) is 4.79 Å². The van der Waals surface area contributed by atoms with Gasteiger partial charge in [0.25, 0.3) is 0 Å². The van der Waals surface area contributed by atoms with Gasteiger partial charge in [-0.2, -0.15) is 0 Å². The van der Waals surface area contributed by atoms with Crippen molar-refractivity contribution in [3.63, 3.8) is 0 Å². The number of amides is 1. The third-order valence-corrected chi connectivity index (χ3v) is 5.47. The van der Waals surface area contributed by atoms with Gasteiger partial charge in [-0.3, -0.25) is 14.8 Å². The maximum absolute atomic E-state index is 12.6. The van der Waals surface area contributed by atoms with Crippen LogP contribution in [0.2, 0.25) is 5.02 Å². The number of carbonyl (C=O) groups excluding carboxylic acids is 1. The second kappa shape index (κ2) is 9.39. The van der Waals surface area contributed by atoms with E-state index in [0.717, 1.165) is 16.1 Å². The quantitative estimate of drug-likeness (QED) is 0.556. The molecule has 0 saturated carbocycles. The van der Waals surface area contributed by atoms with E-state index in [2.05, 4.69) is 15.0 Å². The fraction of sp³-hybridized carbons (Fsp3) is 0.300. The van der Waals surface area contributed by atoms with Crippen LogP contribution in [0.1, 0.15) is 0 Å². The molecular weight excluding hydrogens is 412 g/mol. The van der Waals surface area contributed by atoms with Crippen LogP contribution in [0, 0.1) is 0 Å². The van der Waals surface area contributed by atoms with Crippen LogP contribution in [-0.2, 0) is 9.53 Å². The maximum atomic E-state index is 12.6. The molecular formula is C20H19ClN4O3S. The summed E-state index contributed by atoms with van der Waals surface area (Å²) >= 11 is 7.30. The number of hydrogen-bond donors (Lipinski definition) is 0. The molecule has 2 aromatic heterocycles. The number of halogens is 1. The van der Waals surface area contributed by atoms with E-state index in [1.165, 1.54) is 11.8 Å². The summed E-state index contributed by atoms with van der Waals surface area (Å²) in [5.74, 6) is 0.927. The first-order valence-corrected chi connectivity index (χ1v) is 10.5. The Morgan fingerprint density at radius 1 is 1.28 bits per heavy atom. The van der Waals surface area contributed by atoms with Crippen molar-refractivity contribution < 1.29 is 14.3 Å². The lowest BCUT2D eigenvalue weighted by Crippen LogP contribution is -2.48. The summed E-state index contributed by atoms with van der Waals surface area (Å²) in [6.07, 6.45) is 4.65. The number of para-hydroxylation sites is 2. The lowest BCUT2D eigenvalue weighted by Gasteiger charge is -2.32. The van der Waals surface area contributed by atoms with Crippen LogP contribution < -0.4 is 4.74 Å². The Morgan fingerprint density at radius 2 is 2.14 bits per heavy atom. The highest BCUT2D eigenvalue weighted by Crippen LogP contribution is 2.20. The summed E-state index contributed by atoms with van der Waals surface area (Å²) in [5.41, 5.74) is 1.66. The topological polar surface area (TPSA) is 77.4 Å². The number of benzene rings is 1. The number of hydrogen-bond acceptors (Lipinski definition) is 7. The zero-order valence-electron chi connectivity index (χ0n) is 15.5. The normalized spacial score (nSPS) is 16.7. The van der Waals surface area contributed by atoms with E-state index in [4.69, 9.17) is 21.1 Å². The summed E-state index contributed by atoms with van der Waals surface area (Å²) in [6.45, 7) is 1.86. The molecule has 29 heavy (non-hydrogen) atoms. The average Bonchev–Trinajstić information content (AvgIpc) is 2.76. The molecule has 1 saturated heterocycles. The summed E-state index contributed by atoms with van der Waals surface area (Å²) in [5, 5.41) is 1.25. The monoisotopic (exact) mass is 430 g/mol. The number of fused-ring (bicyclic) bond motifs is 1. The number of pyridine rings is 1. The summed E-state index contributed by atoms with van der Waals surface area (Å²) in [4.78, 5) is 27.3. The molecule has 0 spiro atoms. The van der Waals surface area contributed by atoms with Crippen molar-refractivity contribution in [2.24, 2.45) is 0 Å². The first-order chi connectivity index (χ1) is 14.2. The Kier molecular flexibility index (Phi) is 6.43. The molecule has 1 aromatic carbocycles. The molecule has 3 aromatic rings. The predicted octanol–water partition coefficient (Wildman–Crippen LogP) is 3.08. The SMILES string of the molecule is O=C(CSc1cnc2ccccc2n1)N1CCOC(COc2cncc(Cl)c2)C1. The molecule has 0 bridgehead atoms. The van der Waals surface area contributed by atoms with Gasteiger partial charge in [-0.1, -0.05) is 35.5 Å².